The Morgan fingerprint density at radius 3 is 2.33 bits per heavy atom. The fourth-order valence-corrected chi connectivity index (χ4v) is 6.50. The zero-order valence-electron chi connectivity index (χ0n) is 20.1. The summed E-state index contributed by atoms with van der Waals surface area (Å²) in [6, 6.07) is 12.6. The van der Waals surface area contributed by atoms with Crippen LogP contribution in [0.25, 0.3) is 10.8 Å². The van der Waals surface area contributed by atoms with Crippen molar-refractivity contribution in [2.75, 3.05) is 6.54 Å². The molecule has 2 atom stereocenters. The lowest BCUT2D eigenvalue weighted by atomic mass is 9.87. The molecule has 2 aromatic rings. The first-order chi connectivity index (χ1) is 17.2. The summed E-state index contributed by atoms with van der Waals surface area (Å²) in [5.74, 6) is -1.75. The fraction of sp³-hybridized carbons (Fsp3) is 0.571. The zero-order chi connectivity index (χ0) is 25.4. The Labute approximate surface area is 208 Å². The number of alkyl halides is 3. The van der Waals surface area contributed by atoms with E-state index >= 15 is 0 Å². The van der Waals surface area contributed by atoms with Crippen molar-refractivity contribution in [3.05, 3.63) is 41.5 Å². The van der Waals surface area contributed by atoms with E-state index in [0.717, 1.165) is 42.1 Å². The average molecular weight is 501 g/mol. The van der Waals surface area contributed by atoms with Gasteiger partial charge in [-0.15, -0.1) is 0 Å². The molecule has 8 heteroatoms. The normalized spacial score (nSPS) is 28.7. The van der Waals surface area contributed by atoms with Crippen molar-refractivity contribution in [3.63, 3.8) is 0 Å². The molecule has 2 aliphatic heterocycles. The number of carboxylic acids is 1. The Balaban J connectivity index is 1.27. The number of fused-ring (bicyclic) bond motifs is 3. The van der Waals surface area contributed by atoms with Crippen LogP contribution in [0.2, 0.25) is 0 Å². The van der Waals surface area contributed by atoms with Crippen LogP contribution in [-0.2, 0) is 11.2 Å². The molecule has 0 amide bonds. The number of halogens is 3. The summed E-state index contributed by atoms with van der Waals surface area (Å²) in [5, 5.41) is 21.1. The maximum absolute atomic E-state index is 13.0. The van der Waals surface area contributed by atoms with Crippen LogP contribution in [0.3, 0.4) is 0 Å². The number of benzene rings is 2. The second-order valence-electron chi connectivity index (χ2n) is 10.6. The van der Waals surface area contributed by atoms with Crippen LogP contribution < -0.4 is 4.74 Å². The van der Waals surface area contributed by atoms with Crippen LogP contribution in [-0.4, -0.2) is 46.9 Å². The minimum absolute atomic E-state index is 0.0550. The molecule has 5 rings (SSSR count). The van der Waals surface area contributed by atoms with Crippen molar-refractivity contribution >= 4 is 16.7 Å². The number of ether oxygens (including phenoxy) is 1. The molecule has 3 fully saturated rings. The van der Waals surface area contributed by atoms with E-state index in [9.17, 15) is 28.3 Å². The van der Waals surface area contributed by atoms with Crippen molar-refractivity contribution in [1.29, 1.82) is 5.26 Å². The Kier molecular flexibility index (Phi) is 6.86. The highest BCUT2D eigenvalue weighted by molar-refractivity contribution is 5.90. The maximum Gasteiger partial charge on any atom is 0.391 e. The molecule has 2 unspecified atom stereocenters. The summed E-state index contributed by atoms with van der Waals surface area (Å²) < 4.78 is 45.0. The molecular weight excluding hydrogens is 469 g/mol. The largest absolute Gasteiger partial charge is 0.489 e. The van der Waals surface area contributed by atoms with E-state index in [2.05, 4.69) is 17.0 Å². The van der Waals surface area contributed by atoms with Gasteiger partial charge in [0, 0.05) is 24.0 Å². The molecule has 1 N–H and O–H groups in total. The summed E-state index contributed by atoms with van der Waals surface area (Å²) in [7, 11) is 0. The number of carbonyl (C=O) groups is 1. The number of nitrogens with zero attached hydrogens (tertiary/aromatic N) is 2. The Bertz CT molecular complexity index is 1150. The topological polar surface area (TPSA) is 73.6 Å². The second-order valence-corrected chi connectivity index (χ2v) is 10.6. The van der Waals surface area contributed by atoms with E-state index in [-0.39, 0.29) is 24.9 Å². The molecule has 192 valence electrons. The van der Waals surface area contributed by atoms with Gasteiger partial charge in [-0.2, -0.15) is 18.4 Å². The van der Waals surface area contributed by atoms with Crippen LogP contribution in [0.15, 0.2) is 30.3 Å². The van der Waals surface area contributed by atoms with Gasteiger partial charge >= 0.3 is 12.1 Å². The number of nitriles is 1. The van der Waals surface area contributed by atoms with Crippen molar-refractivity contribution in [2.45, 2.75) is 82.2 Å². The number of piperidine rings is 1. The molecule has 36 heavy (non-hydrogen) atoms. The average Bonchev–Trinajstić information content (AvgIpc) is 3.08. The summed E-state index contributed by atoms with van der Waals surface area (Å²) in [5.41, 5.74) is 1.52. The first-order valence-electron chi connectivity index (χ1n) is 12.9. The van der Waals surface area contributed by atoms with Gasteiger partial charge in [-0.05, 0) is 80.9 Å². The highest BCUT2D eigenvalue weighted by Crippen LogP contribution is 2.40. The summed E-state index contributed by atoms with van der Waals surface area (Å²) in [6.07, 6.45) is 0.627. The van der Waals surface area contributed by atoms with Gasteiger partial charge in [0.1, 0.15) is 17.4 Å². The van der Waals surface area contributed by atoms with E-state index in [4.69, 9.17) is 4.74 Å². The monoisotopic (exact) mass is 500 g/mol. The molecule has 3 aliphatic rings. The highest BCUT2D eigenvalue weighted by atomic mass is 19.4. The van der Waals surface area contributed by atoms with Gasteiger partial charge in [-0.1, -0.05) is 18.2 Å². The summed E-state index contributed by atoms with van der Waals surface area (Å²) >= 11 is 0. The number of rotatable bonds is 6. The standard InChI is InChI=1S/C28H31F3N2O3/c29-28(30,31)20-4-8-23(9-5-20)36-26-10-3-18-2-1-17(13-24(18)25(26)16-32)11-12-33-21-6-7-22(33)15-19(14-21)27(34)35/h1-3,10,13,19-23H,4-9,11-12,14-15H2,(H,34,35). The lowest BCUT2D eigenvalue weighted by Gasteiger charge is -2.37. The molecule has 0 spiro atoms. The molecule has 2 aromatic carbocycles. The fourth-order valence-electron chi connectivity index (χ4n) is 6.50. The van der Waals surface area contributed by atoms with Crippen LogP contribution in [0.1, 0.15) is 62.5 Å². The van der Waals surface area contributed by atoms with Gasteiger partial charge in [-0.25, -0.2) is 0 Å². The van der Waals surface area contributed by atoms with Crippen molar-refractivity contribution in [2.24, 2.45) is 11.8 Å². The predicted molar refractivity (Wildman–Crippen MR) is 129 cm³/mol. The van der Waals surface area contributed by atoms with Crippen molar-refractivity contribution < 1.29 is 27.8 Å². The first-order valence-corrected chi connectivity index (χ1v) is 12.9. The van der Waals surface area contributed by atoms with Gasteiger partial charge < -0.3 is 9.84 Å². The molecule has 1 saturated carbocycles. The van der Waals surface area contributed by atoms with Gasteiger partial charge in [0.2, 0.25) is 0 Å². The third kappa shape index (κ3) is 5.04. The van der Waals surface area contributed by atoms with Crippen LogP contribution in [0.5, 0.6) is 5.75 Å². The Morgan fingerprint density at radius 1 is 1.06 bits per heavy atom. The molecule has 2 bridgehead atoms. The van der Waals surface area contributed by atoms with Crippen LogP contribution in [0, 0.1) is 23.2 Å². The predicted octanol–water partition coefficient (Wildman–Crippen LogP) is 6.08. The lowest BCUT2D eigenvalue weighted by Crippen LogP contribution is -2.45. The van der Waals surface area contributed by atoms with E-state index in [1.165, 1.54) is 0 Å². The molecule has 2 saturated heterocycles. The quantitative estimate of drug-likeness (QED) is 0.520. The molecule has 0 aromatic heterocycles. The van der Waals surface area contributed by atoms with Gasteiger partial charge in [0.15, 0.2) is 0 Å². The van der Waals surface area contributed by atoms with Crippen LogP contribution in [0.4, 0.5) is 13.2 Å². The molecule has 1 aliphatic carbocycles. The van der Waals surface area contributed by atoms with Gasteiger partial charge in [-0.3, -0.25) is 9.69 Å². The molecule has 2 heterocycles. The first kappa shape index (κ1) is 24.9. The molecule has 5 nitrogen and oxygen atoms in total. The van der Waals surface area contributed by atoms with E-state index in [0.29, 0.717) is 49.1 Å². The van der Waals surface area contributed by atoms with Crippen LogP contribution >= 0.6 is 0 Å². The van der Waals surface area contributed by atoms with E-state index < -0.39 is 18.1 Å². The lowest BCUT2D eigenvalue weighted by molar-refractivity contribution is -0.185. The van der Waals surface area contributed by atoms with Crippen molar-refractivity contribution in [3.8, 4) is 11.8 Å². The smallest absolute Gasteiger partial charge is 0.391 e. The minimum Gasteiger partial charge on any atom is -0.489 e. The number of hydrogen-bond donors (Lipinski definition) is 1. The third-order valence-corrected chi connectivity index (χ3v) is 8.48. The van der Waals surface area contributed by atoms with Gasteiger partial charge in [0.05, 0.1) is 17.9 Å². The third-order valence-electron chi connectivity index (χ3n) is 8.48. The number of carboxylic acid groups (broad SMARTS) is 1. The number of hydrogen-bond acceptors (Lipinski definition) is 4. The summed E-state index contributed by atoms with van der Waals surface area (Å²) in [6.45, 7) is 0.855. The van der Waals surface area contributed by atoms with Gasteiger partial charge in [0.25, 0.3) is 0 Å². The number of aliphatic carboxylic acids is 1. The SMILES string of the molecule is N#Cc1c(OC2CCC(C(F)(F)F)CC2)ccc2ccc(CCN3C4CCC3CC(C(=O)O)C4)cc12. The second kappa shape index (κ2) is 9.93. The molecule has 0 radical (unpaired) electrons. The Hall–Kier alpha value is -2.79. The van der Waals surface area contributed by atoms with Crippen molar-refractivity contribution in [1.82, 2.24) is 4.90 Å². The van der Waals surface area contributed by atoms with E-state index in [1.54, 1.807) is 6.07 Å². The minimum atomic E-state index is -4.16. The molecular formula is C28H31F3N2O3. The maximum atomic E-state index is 13.0. The summed E-state index contributed by atoms with van der Waals surface area (Å²) in [4.78, 5) is 13.9. The Morgan fingerprint density at radius 2 is 1.72 bits per heavy atom. The van der Waals surface area contributed by atoms with E-state index in [1.807, 2.05) is 18.2 Å². The zero-order valence-corrected chi connectivity index (χ0v) is 20.1. The highest BCUT2D eigenvalue weighted by Gasteiger charge is 2.43.